The van der Waals surface area contributed by atoms with Crippen LogP contribution < -0.4 is 9.47 Å². The number of ether oxygens (including phenoxy) is 2. The van der Waals surface area contributed by atoms with E-state index in [1.54, 1.807) is 30.5 Å². The molecular formula is C13H12BrNO3. The number of carbonyl (C=O) groups excluding carboxylic acids is 1. The van der Waals surface area contributed by atoms with Gasteiger partial charge in [0.15, 0.2) is 0 Å². The number of aromatic nitrogens is 1. The summed E-state index contributed by atoms with van der Waals surface area (Å²) in [5.74, 6) is 0.776. The van der Waals surface area contributed by atoms with E-state index >= 15 is 0 Å². The second-order valence-corrected chi connectivity index (χ2v) is 4.43. The topological polar surface area (TPSA) is 51.3 Å². The predicted octanol–water partition coefficient (Wildman–Crippen LogP) is 3.03. The summed E-state index contributed by atoms with van der Waals surface area (Å²) in [7, 11) is 3.04. The summed E-state index contributed by atoms with van der Waals surface area (Å²) in [6.45, 7) is 0. The lowest BCUT2D eigenvalue weighted by atomic mass is 10.1. The van der Waals surface area contributed by atoms with Crippen LogP contribution in [0, 0.1) is 0 Å². The average Bonchev–Trinajstić information content (AvgIpc) is 2.91. The van der Waals surface area contributed by atoms with E-state index in [1.165, 1.54) is 14.2 Å². The minimum absolute atomic E-state index is 0.171. The van der Waals surface area contributed by atoms with Crippen LogP contribution in [0.15, 0.2) is 34.9 Å². The van der Waals surface area contributed by atoms with Crippen LogP contribution in [0.5, 0.6) is 11.5 Å². The number of carbonyl (C=O) groups is 1. The lowest BCUT2D eigenvalue weighted by Gasteiger charge is -2.13. The van der Waals surface area contributed by atoms with Gasteiger partial charge in [-0.25, -0.2) is 0 Å². The highest BCUT2D eigenvalue weighted by Gasteiger charge is 2.22. The normalized spacial score (nSPS) is 10.2. The van der Waals surface area contributed by atoms with E-state index in [-0.39, 0.29) is 5.78 Å². The van der Waals surface area contributed by atoms with Crippen molar-refractivity contribution in [1.82, 2.24) is 4.98 Å². The smallest absolute Gasteiger partial charge is 0.216 e. The number of aromatic amines is 1. The molecule has 0 spiro atoms. The average molecular weight is 310 g/mol. The summed E-state index contributed by atoms with van der Waals surface area (Å²) in [4.78, 5) is 15.3. The molecule has 0 aliphatic rings. The van der Waals surface area contributed by atoms with Gasteiger partial charge in [0.2, 0.25) is 5.78 Å². The first-order valence-electron chi connectivity index (χ1n) is 5.27. The maximum Gasteiger partial charge on any atom is 0.216 e. The Bertz CT molecular complexity index is 564. The Labute approximate surface area is 113 Å². The second kappa shape index (κ2) is 5.27. The fourth-order valence-corrected chi connectivity index (χ4v) is 2.22. The molecule has 0 saturated heterocycles. The van der Waals surface area contributed by atoms with Crippen molar-refractivity contribution >= 4 is 21.7 Å². The van der Waals surface area contributed by atoms with Crippen molar-refractivity contribution in [2.24, 2.45) is 0 Å². The number of methoxy groups -OCH3 is 2. The van der Waals surface area contributed by atoms with Crippen LogP contribution in [0.25, 0.3) is 0 Å². The van der Waals surface area contributed by atoms with Gasteiger partial charge in [0.1, 0.15) is 17.1 Å². The summed E-state index contributed by atoms with van der Waals surface area (Å²) in [5, 5.41) is 0. The predicted molar refractivity (Wildman–Crippen MR) is 71.5 cm³/mol. The zero-order valence-corrected chi connectivity index (χ0v) is 11.6. The number of ketones is 1. The van der Waals surface area contributed by atoms with E-state index in [0.29, 0.717) is 27.2 Å². The SMILES string of the molecule is COc1ccc(Br)c(OC)c1C(=O)c1ccc[nH]1. The number of nitrogens with one attached hydrogen (secondary N) is 1. The molecule has 0 aliphatic heterocycles. The van der Waals surface area contributed by atoms with E-state index < -0.39 is 0 Å². The fraction of sp³-hybridized carbons (Fsp3) is 0.154. The summed E-state index contributed by atoms with van der Waals surface area (Å²) in [6.07, 6.45) is 1.70. The Morgan fingerprint density at radius 2 is 2.00 bits per heavy atom. The minimum Gasteiger partial charge on any atom is -0.496 e. The maximum atomic E-state index is 12.4. The van der Waals surface area contributed by atoms with E-state index in [2.05, 4.69) is 20.9 Å². The molecule has 2 rings (SSSR count). The van der Waals surface area contributed by atoms with Crippen molar-refractivity contribution in [2.75, 3.05) is 14.2 Å². The molecule has 0 radical (unpaired) electrons. The Morgan fingerprint density at radius 1 is 1.22 bits per heavy atom. The zero-order valence-electron chi connectivity index (χ0n) is 9.99. The Hall–Kier alpha value is -1.75. The maximum absolute atomic E-state index is 12.4. The number of hydrogen-bond acceptors (Lipinski definition) is 3. The number of hydrogen-bond donors (Lipinski definition) is 1. The van der Waals surface area contributed by atoms with E-state index in [0.717, 1.165) is 0 Å². The standard InChI is InChI=1S/C13H12BrNO3/c1-17-10-6-5-8(14)13(18-2)11(10)12(16)9-4-3-7-15-9/h3-7,15H,1-2H3. The lowest BCUT2D eigenvalue weighted by Crippen LogP contribution is -2.07. The van der Waals surface area contributed by atoms with E-state index in [9.17, 15) is 4.79 Å². The van der Waals surface area contributed by atoms with Gasteiger partial charge in [-0.15, -0.1) is 0 Å². The van der Waals surface area contributed by atoms with Gasteiger partial charge in [-0.2, -0.15) is 0 Å². The highest BCUT2D eigenvalue weighted by Crippen LogP contribution is 2.36. The van der Waals surface area contributed by atoms with Crippen LogP contribution in [-0.4, -0.2) is 25.0 Å². The molecule has 0 aliphatic carbocycles. The summed E-state index contributed by atoms with van der Waals surface area (Å²) >= 11 is 3.36. The first-order valence-corrected chi connectivity index (χ1v) is 6.07. The van der Waals surface area contributed by atoms with Gasteiger partial charge in [-0.05, 0) is 40.2 Å². The van der Waals surface area contributed by atoms with E-state index in [4.69, 9.17) is 9.47 Å². The Morgan fingerprint density at radius 3 is 2.56 bits per heavy atom. The first-order chi connectivity index (χ1) is 8.69. The molecule has 1 aromatic carbocycles. The highest BCUT2D eigenvalue weighted by atomic mass is 79.9. The molecule has 1 aromatic heterocycles. The minimum atomic E-state index is -0.171. The molecule has 4 nitrogen and oxygen atoms in total. The molecule has 0 bridgehead atoms. The van der Waals surface area contributed by atoms with Crippen LogP contribution in [0.1, 0.15) is 16.1 Å². The zero-order chi connectivity index (χ0) is 13.1. The molecule has 0 saturated carbocycles. The van der Waals surface area contributed by atoms with Crippen molar-refractivity contribution in [3.8, 4) is 11.5 Å². The van der Waals surface area contributed by atoms with Crippen molar-refractivity contribution in [3.05, 3.63) is 46.2 Å². The molecule has 1 heterocycles. The number of halogens is 1. The van der Waals surface area contributed by atoms with Gasteiger partial charge >= 0.3 is 0 Å². The molecule has 94 valence electrons. The van der Waals surface area contributed by atoms with Crippen LogP contribution in [0.2, 0.25) is 0 Å². The van der Waals surface area contributed by atoms with Crippen molar-refractivity contribution in [3.63, 3.8) is 0 Å². The van der Waals surface area contributed by atoms with Gasteiger partial charge in [0.05, 0.1) is 24.4 Å². The van der Waals surface area contributed by atoms with Gasteiger partial charge in [-0.1, -0.05) is 0 Å². The molecule has 0 unspecified atom stereocenters. The van der Waals surface area contributed by atoms with Crippen molar-refractivity contribution in [2.45, 2.75) is 0 Å². The fourth-order valence-electron chi connectivity index (χ4n) is 1.73. The van der Waals surface area contributed by atoms with Crippen LogP contribution in [-0.2, 0) is 0 Å². The number of H-pyrrole nitrogens is 1. The summed E-state index contributed by atoms with van der Waals surface area (Å²) in [6, 6.07) is 6.98. The lowest BCUT2D eigenvalue weighted by molar-refractivity contribution is 0.102. The monoisotopic (exact) mass is 309 g/mol. The number of rotatable bonds is 4. The number of benzene rings is 1. The highest BCUT2D eigenvalue weighted by molar-refractivity contribution is 9.10. The summed E-state index contributed by atoms with van der Waals surface area (Å²) < 4.78 is 11.2. The van der Waals surface area contributed by atoms with Crippen LogP contribution >= 0.6 is 15.9 Å². The molecule has 0 atom stereocenters. The van der Waals surface area contributed by atoms with Crippen LogP contribution in [0.3, 0.4) is 0 Å². The molecule has 0 amide bonds. The Kier molecular flexibility index (Phi) is 3.72. The molecular weight excluding hydrogens is 298 g/mol. The second-order valence-electron chi connectivity index (χ2n) is 3.57. The van der Waals surface area contributed by atoms with Gasteiger partial charge in [0.25, 0.3) is 0 Å². The quantitative estimate of drug-likeness (QED) is 0.883. The molecule has 0 fully saturated rings. The van der Waals surface area contributed by atoms with Gasteiger partial charge in [-0.3, -0.25) is 4.79 Å². The Balaban J connectivity index is 2.61. The van der Waals surface area contributed by atoms with E-state index in [1.807, 2.05) is 0 Å². The third-order valence-corrected chi connectivity index (χ3v) is 3.19. The van der Waals surface area contributed by atoms with Crippen molar-refractivity contribution in [1.29, 1.82) is 0 Å². The van der Waals surface area contributed by atoms with Crippen LogP contribution in [0.4, 0.5) is 0 Å². The summed E-state index contributed by atoms with van der Waals surface area (Å²) in [5.41, 5.74) is 0.890. The largest absolute Gasteiger partial charge is 0.496 e. The first kappa shape index (κ1) is 12.7. The third-order valence-electron chi connectivity index (χ3n) is 2.57. The molecule has 18 heavy (non-hydrogen) atoms. The molecule has 2 aromatic rings. The molecule has 5 heteroatoms. The third kappa shape index (κ3) is 2.13. The van der Waals surface area contributed by atoms with Gasteiger partial charge < -0.3 is 14.5 Å². The van der Waals surface area contributed by atoms with Crippen molar-refractivity contribution < 1.29 is 14.3 Å². The van der Waals surface area contributed by atoms with Gasteiger partial charge in [0, 0.05) is 6.20 Å². The molecule has 1 N–H and O–H groups in total.